The van der Waals surface area contributed by atoms with Gasteiger partial charge >= 0.3 is 0 Å². The van der Waals surface area contributed by atoms with Gasteiger partial charge in [0.05, 0.1) is 6.54 Å². The highest BCUT2D eigenvalue weighted by atomic mass is 79.9. The predicted octanol–water partition coefficient (Wildman–Crippen LogP) is 2.63. The van der Waals surface area contributed by atoms with Gasteiger partial charge in [-0.25, -0.2) is 26.3 Å². The molecule has 0 aliphatic carbocycles. The van der Waals surface area contributed by atoms with Crippen LogP contribution in [-0.4, -0.2) is 27.4 Å². The van der Waals surface area contributed by atoms with E-state index in [2.05, 4.69) is 21.2 Å². The van der Waals surface area contributed by atoms with Crippen LogP contribution in [0.1, 0.15) is 19.4 Å². The number of sulfonamides is 1. The van der Waals surface area contributed by atoms with Crippen molar-refractivity contribution in [3.8, 4) is 0 Å². The molecular formula is C12H16BrF3N2O2S. The molecule has 0 unspecified atom stereocenters. The molecule has 0 fully saturated rings. The van der Waals surface area contributed by atoms with Gasteiger partial charge in [-0.2, -0.15) is 0 Å². The highest BCUT2D eigenvalue weighted by Gasteiger charge is 2.23. The fraction of sp³-hybridized carbons (Fsp3) is 0.500. The molecule has 0 saturated heterocycles. The second-order valence-corrected chi connectivity index (χ2v) is 7.31. The van der Waals surface area contributed by atoms with Gasteiger partial charge in [0.1, 0.15) is 10.7 Å². The highest BCUT2D eigenvalue weighted by molar-refractivity contribution is 9.10. The van der Waals surface area contributed by atoms with Crippen molar-refractivity contribution in [3.05, 3.63) is 28.0 Å². The summed E-state index contributed by atoms with van der Waals surface area (Å²) < 4.78 is 64.2. The minimum atomic E-state index is -4.33. The molecule has 4 nitrogen and oxygen atoms in total. The van der Waals surface area contributed by atoms with Crippen LogP contribution in [0.2, 0.25) is 0 Å². The van der Waals surface area contributed by atoms with Crippen molar-refractivity contribution in [1.82, 2.24) is 10.0 Å². The van der Waals surface area contributed by atoms with Crippen molar-refractivity contribution in [1.29, 1.82) is 0 Å². The monoisotopic (exact) mass is 388 g/mol. The molecular weight excluding hydrogens is 373 g/mol. The lowest BCUT2D eigenvalue weighted by molar-refractivity contribution is 0.153. The third-order valence-electron chi connectivity index (χ3n) is 2.50. The fourth-order valence-corrected chi connectivity index (χ4v) is 3.31. The summed E-state index contributed by atoms with van der Waals surface area (Å²) >= 11 is 3.09. The maximum absolute atomic E-state index is 14.3. The van der Waals surface area contributed by atoms with Gasteiger partial charge in [0.15, 0.2) is 0 Å². The molecule has 0 aliphatic heterocycles. The number of halogens is 4. The summed E-state index contributed by atoms with van der Waals surface area (Å²) in [5.74, 6) is -0.951. The summed E-state index contributed by atoms with van der Waals surface area (Å²) in [7, 11) is -4.33. The lowest BCUT2D eigenvalue weighted by atomic mass is 10.2. The van der Waals surface area contributed by atoms with Gasteiger partial charge in [0, 0.05) is 22.6 Å². The van der Waals surface area contributed by atoms with Crippen molar-refractivity contribution in [2.45, 2.75) is 37.8 Å². The maximum Gasteiger partial charge on any atom is 0.251 e. The molecule has 0 saturated carbocycles. The SMILES string of the molecule is CC(C)NCc1cc(Br)cc(S(=O)(=O)NCC(F)F)c1F. The van der Waals surface area contributed by atoms with Gasteiger partial charge in [0.25, 0.3) is 6.43 Å². The van der Waals surface area contributed by atoms with Crippen molar-refractivity contribution in [3.63, 3.8) is 0 Å². The number of hydrogen-bond donors (Lipinski definition) is 2. The quantitative estimate of drug-likeness (QED) is 0.754. The Morgan fingerprint density at radius 2 is 1.90 bits per heavy atom. The molecule has 0 heterocycles. The molecule has 0 amide bonds. The normalized spacial score (nSPS) is 12.4. The summed E-state index contributed by atoms with van der Waals surface area (Å²) in [5, 5.41) is 2.96. The Hall–Kier alpha value is -0.640. The minimum Gasteiger partial charge on any atom is -0.310 e. The van der Waals surface area contributed by atoms with E-state index in [1.54, 1.807) is 4.72 Å². The summed E-state index contributed by atoms with van der Waals surface area (Å²) in [4.78, 5) is -0.655. The standard InChI is InChI=1S/C12H16BrF3N2O2S/c1-7(2)17-5-8-3-9(13)4-10(12(8)16)21(19,20)18-6-11(14)15/h3-4,7,11,17-18H,5-6H2,1-2H3. The van der Waals surface area contributed by atoms with Crippen molar-refractivity contribution in [2.75, 3.05) is 6.54 Å². The van der Waals surface area contributed by atoms with Crippen LogP contribution in [0, 0.1) is 5.82 Å². The zero-order valence-electron chi connectivity index (χ0n) is 11.5. The number of nitrogens with one attached hydrogen (secondary N) is 2. The van der Waals surface area contributed by atoms with E-state index in [1.807, 2.05) is 13.8 Å². The summed E-state index contributed by atoms with van der Waals surface area (Å²) in [6, 6.07) is 2.57. The molecule has 9 heteroatoms. The Morgan fingerprint density at radius 3 is 2.43 bits per heavy atom. The first-order valence-electron chi connectivity index (χ1n) is 6.12. The average Bonchev–Trinajstić information content (AvgIpc) is 2.37. The van der Waals surface area contributed by atoms with Crippen LogP contribution in [0.3, 0.4) is 0 Å². The Morgan fingerprint density at radius 1 is 1.29 bits per heavy atom. The zero-order chi connectivity index (χ0) is 16.2. The molecule has 0 aromatic heterocycles. The van der Waals surface area contributed by atoms with Crippen LogP contribution in [-0.2, 0) is 16.6 Å². The van der Waals surface area contributed by atoms with Crippen LogP contribution < -0.4 is 10.0 Å². The largest absolute Gasteiger partial charge is 0.310 e. The van der Waals surface area contributed by atoms with E-state index >= 15 is 0 Å². The number of benzene rings is 1. The number of alkyl halides is 2. The molecule has 1 aromatic rings. The van der Waals surface area contributed by atoms with Gasteiger partial charge in [-0.05, 0) is 12.1 Å². The van der Waals surface area contributed by atoms with Crippen molar-refractivity contribution < 1.29 is 21.6 Å². The van der Waals surface area contributed by atoms with Crippen molar-refractivity contribution in [2.24, 2.45) is 0 Å². The molecule has 1 aromatic carbocycles. The van der Waals surface area contributed by atoms with Crippen LogP contribution >= 0.6 is 15.9 Å². The smallest absolute Gasteiger partial charge is 0.251 e. The Balaban J connectivity index is 3.12. The van der Waals surface area contributed by atoms with E-state index in [-0.39, 0.29) is 18.2 Å². The molecule has 0 radical (unpaired) electrons. The molecule has 0 bridgehead atoms. The molecule has 1 rings (SSSR count). The van der Waals surface area contributed by atoms with Gasteiger partial charge in [-0.15, -0.1) is 0 Å². The summed E-state index contributed by atoms with van der Waals surface area (Å²) in [6.07, 6.45) is -2.85. The van der Waals surface area contributed by atoms with E-state index in [9.17, 15) is 21.6 Å². The molecule has 21 heavy (non-hydrogen) atoms. The summed E-state index contributed by atoms with van der Waals surface area (Å²) in [6.45, 7) is 2.78. The van der Waals surface area contributed by atoms with Crippen LogP contribution in [0.4, 0.5) is 13.2 Å². The molecule has 2 N–H and O–H groups in total. The topological polar surface area (TPSA) is 58.2 Å². The first-order valence-corrected chi connectivity index (χ1v) is 8.40. The third kappa shape index (κ3) is 5.57. The van der Waals surface area contributed by atoms with Gasteiger partial charge in [-0.1, -0.05) is 29.8 Å². The van der Waals surface area contributed by atoms with E-state index in [1.165, 1.54) is 6.07 Å². The second kappa shape index (κ2) is 7.57. The Labute approximate surface area is 130 Å². The van der Waals surface area contributed by atoms with Crippen LogP contribution in [0.5, 0.6) is 0 Å². The lowest BCUT2D eigenvalue weighted by Crippen LogP contribution is -2.30. The van der Waals surface area contributed by atoms with E-state index in [0.717, 1.165) is 6.07 Å². The predicted molar refractivity (Wildman–Crippen MR) is 77.3 cm³/mol. The molecule has 0 atom stereocenters. The zero-order valence-corrected chi connectivity index (χ0v) is 13.9. The molecule has 0 spiro atoms. The molecule has 120 valence electrons. The van der Waals surface area contributed by atoms with E-state index in [0.29, 0.717) is 4.47 Å². The summed E-state index contributed by atoms with van der Waals surface area (Å²) in [5.41, 5.74) is 0.135. The van der Waals surface area contributed by atoms with Gasteiger partial charge in [-0.3, -0.25) is 0 Å². The van der Waals surface area contributed by atoms with Crippen LogP contribution in [0.25, 0.3) is 0 Å². The third-order valence-corrected chi connectivity index (χ3v) is 4.38. The number of hydrogen-bond acceptors (Lipinski definition) is 3. The Bertz CT molecular complexity index is 594. The second-order valence-electron chi connectivity index (χ2n) is 4.66. The fourth-order valence-electron chi connectivity index (χ4n) is 1.51. The van der Waals surface area contributed by atoms with E-state index in [4.69, 9.17) is 0 Å². The minimum absolute atomic E-state index is 0.0837. The lowest BCUT2D eigenvalue weighted by Gasteiger charge is -2.13. The van der Waals surface area contributed by atoms with Gasteiger partial charge < -0.3 is 5.32 Å². The van der Waals surface area contributed by atoms with Crippen molar-refractivity contribution >= 4 is 26.0 Å². The Kier molecular flexibility index (Phi) is 6.64. The molecule has 0 aliphatic rings. The van der Waals surface area contributed by atoms with Crippen LogP contribution in [0.15, 0.2) is 21.5 Å². The van der Waals surface area contributed by atoms with Gasteiger partial charge in [0.2, 0.25) is 10.0 Å². The average molecular weight is 389 g/mol. The maximum atomic E-state index is 14.3. The highest BCUT2D eigenvalue weighted by Crippen LogP contribution is 2.24. The first kappa shape index (κ1) is 18.4. The first-order chi connectivity index (χ1) is 9.63. The number of rotatable bonds is 7. The van der Waals surface area contributed by atoms with E-state index < -0.39 is 33.7 Å².